The molecule has 0 aliphatic carbocycles. The molecule has 2 aromatic carbocycles. The summed E-state index contributed by atoms with van der Waals surface area (Å²) in [5, 5.41) is 42.4. The minimum absolute atomic E-state index is 0.106. The fourth-order valence-corrected chi connectivity index (χ4v) is 5.36. The lowest BCUT2D eigenvalue weighted by molar-refractivity contribution is 0.258. The molecule has 0 aliphatic rings. The van der Waals surface area contributed by atoms with Crippen molar-refractivity contribution in [3.63, 3.8) is 0 Å². The van der Waals surface area contributed by atoms with E-state index in [-0.39, 0.29) is 16.7 Å². The molecule has 0 fully saturated rings. The van der Waals surface area contributed by atoms with E-state index in [1.807, 2.05) is 0 Å². The highest BCUT2D eigenvalue weighted by Gasteiger charge is 2.30. The zero-order valence-electron chi connectivity index (χ0n) is 29.0. The van der Waals surface area contributed by atoms with Gasteiger partial charge in [-0.15, -0.1) is 0 Å². The predicted octanol–water partition coefficient (Wildman–Crippen LogP) is 6.55. The van der Waals surface area contributed by atoms with Gasteiger partial charge in [-0.3, -0.25) is 0 Å². The average Bonchev–Trinajstić information content (AvgIpc) is 3.04. The van der Waals surface area contributed by atoms with Crippen molar-refractivity contribution in [2.24, 2.45) is 0 Å². The molecule has 2 rings (SSSR count). The molecule has 10 heteroatoms. The molecule has 0 radical (unpaired) electrons. The number of ether oxygens (including phenoxy) is 4. The fraction of sp³-hybridized carbons (Fsp3) is 0.667. The second-order valence-electron chi connectivity index (χ2n) is 12.1. The Bertz CT molecular complexity index is 1100. The van der Waals surface area contributed by atoms with Crippen LogP contribution >= 0.6 is 0 Å². The van der Waals surface area contributed by atoms with E-state index in [0.29, 0.717) is 54.8 Å². The molecule has 0 aliphatic heterocycles. The lowest BCUT2D eigenvalue weighted by Gasteiger charge is -2.22. The van der Waals surface area contributed by atoms with E-state index in [4.69, 9.17) is 18.9 Å². The van der Waals surface area contributed by atoms with Gasteiger partial charge in [0.25, 0.3) is 0 Å². The third-order valence-corrected chi connectivity index (χ3v) is 8.11. The number of hydrogen-bond acceptors (Lipinski definition) is 8. The molecule has 2 aromatic rings. The molecular formula is C36H60B2O8. The summed E-state index contributed by atoms with van der Waals surface area (Å²) >= 11 is 0. The van der Waals surface area contributed by atoms with E-state index >= 15 is 0 Å². The van der Waals surface area contributed by atoms with E-state index in [1.165, 1.54) is 38.5 Å². The van der Waals surface area contributed by atoms with Crippen molar-refractivity contribution in [1.82, 2.24) is 0 Å². The summed E-state index contributed by atoms with van der Waals surface area (Å²) in [6.07, 6.45) is 17.0. The van der Waals surface area contributed by atoms with Crippen LogP contribution in [0.5, 0.6) is 23.0 Å². The van der Waals surface area contributed by atoms with Gasteiger partial charge in [-0.05, 0) is 60.5 Å². The zero-order valence-corrected chi connectivity index (χ0v) is 29.0. The SMILES string of the molecule is CCCCCCCCOc1cc(B(O)O)c(-c2ccc(OCCCC)c(OCCCC)c2B(O)O)cc1OCCCCCCCC. The van der Waals surface area contributed by atoms with Crippen LogP contribution in [0, 0.1) is 0 Å². The Morgan fingerprint density at radius 2 is 0.913 bits per heavy atom. The monoisotopic (exact) mass is 642 g/mol. The van der Waals surface area contributed by atoms with E-state index in [2.05, 4.69) is 27.7 Å². The summed E-state index contributed by atoms with van der Waals surface area (Å²) in [7, 11) is -3.74. The summed E-state index contributed by atoms with van der Waals surface area (Å²) in [5.41, 5.74) is 1.06. The molecule has 0 spiro atoms. The summed E-state index contributed by atoms with van der Waals surface area (Å²) in [5.74, 6) is 1.58. The topological polar surface area (TPSA) is 118 Å². The molecule has 0 amide bonds. The maximum absolute atomic E-state index is 10.7. The van der Waals surface area contributed by atoms with Gasteiger partial charge in [-0.25, -0.2) is 0 Å². The third kappa shape index (κ3) is 13.8. The summed E-state index contributed by atoms with van der Waals surface area (Å²) in [6.45, 7) is 10.3. The van der Waals surface area contributed by atoms with Crippen molar-refractivity contribution in [2.75, 3.05) is 26.4 Å². The van der Waals surface area contributed by atoms with Gasteiger partial charge in [0.05, 0.1) is 26.4 Å². The van der Waals surface area contributed by atoms with E-state index in [9.17, 15) is 20.1 Å². The summed E-state index contributed by atoms with van der Waals surface area (Å²) in [6, 6.07) is 6.77. The minimum Gasteiger partial charge on any atom is -0.490 e. The highest BCUT2D eigenvalue weighted by atomic mass is 16.5. The van der Waals surface area contributed by atoms with Gasteiger partial charge in [-0.1, -0.05) is 111 Å². The molecule has 4 N–H and O–H groups in total. The number of rotatable bonds is 27. The predicted molar refractivity (Wildman–Crippen MR) is 190 cm³/mol. The molecule has 0 atom stereocenters. The van der Waals surface area contributed by atoms with Crippen molar-refractivity contribution in [1.29, 1.82) is 0 Å². The molecule has 46 heavy (non-hydrogen) atoms. The summed E-state index contributed by atoms with van der Waals surface area (Å²) in [4.78, 5) is 0. The smallest absolute Gasteiger partial charge is 0.490 e. The maximum atomic E-state index is 10.7. The Kier molecular flexibility index (Phi) is 20.6. The largest absolute Gasteiger partial charge is 0.493 e. The summed E-state index contributed by atoms with van der Waals surface area (Å²) < 4.78 is 24.6. The standard InChI is InChI=1S/C36H60B2O8/c1-5-9-13-15-17-19-25-44-33-27-30(31(37(39)40)28-34(33)45-26-20-18-16-14-10-6-2)29-21-22-32(43-23-11-7-3)36(35(29)38(41)42)46-24-12-8-4/h21-22,27-28,39-42H,5-20,23-26H2,1-4H3. The first-order valence-corrected chi connectivity index (χ1v) is 18.0. The quantitative estimate of drug-likeness (QED) is 0.0641. The number of unbranched alkanes of at least 4 members (excludes halogenated alkanes) is 12. The van der Waals surface area contributed by atoms with Gasteiger partial charge >= 0.3 is 14.2 Å². The zero-order chi connectivity index (χ0) is 33.6. The molecule has 0 aromatic heterocycles. The van der Waals surface area contributed by atoms with Gasteiger partial charge in [0.1, 0.15) is 0 Å². The Morgan fingerprint density at radius 1 is 0.457 bits per heavy atom. The van der Waals surface area contributed by atoms with Crippen molar-refractivity contribution in [3.05, 3.63) is 24.3 Å². The lowest BCUT2D eigenvalue weighted by Crippen LogP contribution is -2.37. The van der Waals surface area contributed by atoms with Crippen LogP contribution < -0.4 is 29.9 Å². The van der Waals surface area contributed by atoms with Crippen LogP contribution in [0.25, 0.3) is 11.1 Å². The van der Waals surface area contributed by atoms with Gasteiger partial charge < -0.3 is 39.0 Å². The molecule has 8 nitrogen and oxygen atoms in total. The average molecular weight is 642 g/mol. The van der Waals surface area contributed by atoms with Crippen LogP contribution in [0.2, 0.25) is 0 Å². The van der Waals surface area contributed by atoms with Crippen molar-refractivity contribution in [3.8, 4) is 34.1 Å². The highest BCUT2D eigenvalue weighted by molar-refractivity contribution is 6.64. The van der Waals surface area contributed by atoms with Crippen LogP contribution in [0.1, 0.15) is 130 Å². The van der Waals surface area contributed by atoms with Crippen molar-refractivity contribution >= 4 is 25.2 Å². The van der Waals surface area contributed by atoms with Gasteiger partial charge in [0.2, 0.25) is 0 Å². The number of hydrogen-bond donors (Lipinski definition) is 4. The first-order chi connectivity index (χ1) is 22.4. The van der Waals surface area contributed by atoms with Gasteiger partial charge in [0.15, 0.2) is 23.0 Å². The Hall–Kier alpha value is -2.39. The minimum atomic E-state index is -1.90. The Morgan fingerprint density at radius 3 is 1.43 bits per heavy atom. The van der Waals surface area contributed by atoms with Crippen molar-refractivity contribution in [2.45, 2.75) is 130 Å². The van der Waals surface area contributed by atoms with Crippen LogP contribution in [-0.4, -0.2) is 60.8 Å². The molecular weight excluding hydrogens is 582 g/mol. The van der Waals surface area contributed by atoms with E-state index in [1.54, 1.807) is 24.3 Å². The fourth-order valence-electron chi connectivity index (χ4n) is 5.36. The second-order valence-corrected chi connectivity index (χ2v) is 12.1. The molecule has 258 valence electrons. The van der Waals surface area contributed by atoms with Crippen LogP contribution in [0.3, 0.4) is 0 Å². The third-order valence-electron chi connectivity index (χ3n) is 8.11. The highest BCUT2D eigenvalue weighted by Crippen LogP contribution is 2.36. The normalized spacial score (nSPS) is 11.0. The molecule has 0 bridgehead atoms. The van der Waals surface area contributed by atoms with Crippen LogP contribution in [-0.2, 0) is 0 Å². The van der Waals surface area contributed by atoms with Crippen LogP contribution in [0.4, 0.5) is 0 Å². The number of benzene rings is 2. The first-order valence-electron chi connectivity index (χ1n) is 18.0. The molecule has 0 heterocycles. The lowest BCUT2D eigenvalue weighted by atomic mass is 9.69. The van der Waals surface area contributed by atoms with E-state index < -0.39 is 14.2 Å². The van der Waals surface area contributed by atoms with Gasteiger partial charge in [0, 0.05) is 5.46 Å². The van der Waals surface area contributed by atoms with Gasteiger partial charge in [-0.2, -0.15) is 0 Å². The molecule has 0 unspecified atom stereocenters. The van der Waals surface area contributed by atoms with Crippen LogP contribution in [0.15, 0.2) is 24.3 Å². The Balaban J connectivity index is 2.51. The maximum Gasteiger partial charge on any atom is 0.493 e. The first kappa shape index (κ1) is 39.8. The van der Waals surface area contributed by atoms with E-state index in [0.717, 1.165) is 64.2 Å². The molecule has 0 saturated carbocycles. The Labute approximate surface area is 279 Å². The second kappa shape index (κ2) is 23.9. The molecule has 0 saturated heterocycles. The van der Waals surface area contributed by atoms with Crippen molar-refractivity contribution < 1.29 is 39.0 Å².